The van der Waals surface area contributed by atoms with Gasteiger partial charge >= 0.3 is 6.09 Å². The molecular weight excluding hydrogens is 414 g/mol. The first-order valence-corrected chi connectivity index (χ1v) is 10.8. The number of amides is 2. The summed E-state index contributed by atoms with van der Waals surface area (Å²) in [5, 5.41) is 3.47. The zero-order chi connectivity index (χ0) is 22.9. The molecule has 6 nitrogen and oxygen atoms in total. The lowest BCUT2D eigenvalue weighted by molar-refractivity contribution is -0.115. The van der Waals surface area contributed by atoms with Gasteiger partial charge in [0.25, 0.3) is 0 Å². The molecule has 1 aliphatic heterocycles. The fourth-order valence-electron chi connectivity index (χ4n) is 3.77. The van der Waals surface area contributed by atoms with Crippen molar-refractivity contribution >= 4 is 40.7 Å². The quantitative estimate of drug-likeness (QED) is 0.675. The molecule has 1 atom stereocenters. The van der Waals surface area contributed by atoms with Gasteiger partial charge in [-0.25, -0.2) is 4.79 Å². The van der Waals surface area contributed by atoms with E-state index in [2.05, 4.69) is 5.32 Å². The van der Waals surface area contributed by atoms with Crippen molar-refractivity contribution in [3.63, 3.8) is 0 Å². The monoisotopic (exact) mass is 443 g/mol. The standard InChI is InChI=1S/C24H30ClN3O3/c1-15-11-16(2)22(18(25)12-15)26-21(29)14-27-17(3)13-28(23(30)31-24(4,5)6)20-10-8-7-9-19(20)27/h7-12,17H,13-14H2,1-6H3,(H,26,29)/t17-/m1/s1. The maximum atomic E-state index is 12.9. The van der Waals surface area contributed by atoms with Crippen LogP contribution in [0.5, 0.6) is 0 Å². The van der Waals surface area contributed by atoms with Crippen LogP contribution >= 0.6 is 11.6 Å². The summed E-state index contributed by atoms with van der Waals surface area (Å²) in [6.45, 7) is 12.0. The van der Waals surface area contributed by atoms with Crippen molar-refractivity contribution in [1.29, 1.82) is 0 Å². The number of aryl methyl sites for hydroxylation is 2. The predicted molar refractivity (Wildman–Crippen MR) is 126 cm³/mol. The van der Waals surface area contributed by atoms with Crippen LogP contribution in [-0.4, -0.2) is 36.7 Å². The summed E-state index contributed by atoms with van der Waals surface area (Å²) in [6.07, 6.45) is -0.391. The van der Waals surface area contributed by atoms with Gasteiger partial charge in [-0.15, -0.1) is 0 Å². The Labute approximate surface area is 189 Å². The Morgan fingerprint density at radius 1 is 1.16 bits per heavy atom. The molecule has 0 saturated heterocycles. The number of carbonyl (C=O) groups excluding carboxylic acids is 2. The van der Waals surface area contributed by atoms with Crippen molar-refractivity contribution in [3.05, 3.63) is 52.5 Å². The average Bonchev–Trinajstić information content (AvgIpc) is 2.65. The lowest BCUT2D eigenvalue weighted by atomic mass is 10.1. The highest BCUT2D eigenvalue weighted by Gasteiger charge is 2.34. The summed E-state index contributed by atoms with van der Waals surface area (Å²) < 4.78 is 5.59. The van der Waals surface area contributed by atoms with E-state index in [4.69, 9.17) is 16.3 Å². The molecule has 0 spiro atoms. The van der Waals surface area contributed by atoms with Gasteiger partial charge in [-0.2, -0.15) is 0 Å². The molecule has 0 saturated carbocycles. The third kappa shape index (κ3) is 5.31. The molecule has 0 aliphatic carbocycles. The lowest BCUT2D eigenvalue weighted by Gasteiger charge is -2.42. The Balaban J connectivity index is 1.82. The number of anilines is 3. The van der Waals surface area contributed by atoms with Crippen molar-refractivity contribution in [2.75, 3.05) is 28.2 Å². The van der Waals surface area contributed by atoms with Gasteiger partial charge in [-0.1, -0.05) is 29.8 Å². The summed E-state index contributed by atoms with van der Waals surface area (Å²) in [6, 6.07) is 11.3. The van der Waals surface area contributed by atoms with E-state index in [9.17, 15) is 9.59 Å². The highest BCUT2D eigenvalue weighted by atomic mass is 35.5. The van der Waals surface area contributed by atoms with E-state index in [0.717, 1.165) is 22.5 Å². The first-order valence-electron chi connectivity index (χ1n) is 10.4. The Morgan fingerprint density at radius 2 is 1.81 bits per heavy atom. The van der Waals surface area contributed by atoms with Crippen LogP contribution in [0.1, 0.15) is 38.8 Å². The van der Waals surface area contributed by atoms with Gasteiger partial charge < -0.3 is 15.0 Å². The number of carbonyl (C=O) groups is 2. The van der Waals surface area contributed by atoms with Gasteiger partial charge in [0.2, 0.25) is 5.91 Å². The first kappa shape index (κ1) is 22.9. The molecule has 2 aromatic carbocycles. The Bertz CT molecular complexity index is 977. The molecule has 3 rings (SSSR count). The van der Waals surface area contributed by atoms with Crippen molar-refractivity contribution in [1.82, 2.24) is 0 Å². The number of hydrogen-bond donors (Lipinski definition) is 1. The lowest BCUT2D eigenvalue weighted by Crippen LogP contribution is -2.52. The van der Waals surface area contributed by atoms with Gasteiger partial charge in [-0.05, 0) is 70.9 Å². The first-order chi connectivity index (χ1) is 14.5. The zero-order valence-electron chi connectivity index (χ0n) is 19.0. The molecular formula is C24H30ClN3O3. The minimum atomic E-state index is -0.586. The van der Waals surface area contributed by atoms with E-state index in [-0.39, 0.29) is 18.5 Å². The van der Waals surface area contributed by atoms with Crippen molar-refractivity contribution in [3.8, 4) is 0 Å². The third-order valence-corrected chi connectivity index (χ3v) is 5.38. The van der Waals surface area contributed by atoms with Crippen molar-refractivity contribution in [2.45, 2.75) is 53.2 Å². The number of ether oxygens (including phenoxy) is 1. The van der Waals surface area contributed by atoms with Gasteiger partial charge in [-0.3, -0.25) is 9.69 Å². The van der Waals surface area contributed by atoms with Crippen LogP contribution in [0, 0.1) is 13.8 Å². The second kappa shape index (κ2) is 8.79. The summed E-state index contributed by atoms with van der Waals surface area (Å²) in [7, 11) is 0. The second-order valence-electron chi connectivity index (χ2n) is 9.04. The van der Waals surface area contributed by atoms with Crippen LogP contribution in [0.15, 0.2) is 36.4 Å². The molecule has 1 N–H and O–H groups in total. The predicted octanol–water partition coefficient (Wildman–Crippen LogP) is 5.55. The van der Waals surface area contributed by atoms with Crippen LogP contribution in [0.4, 0.5) is 21.9 Å². The van der Waals surface area contributed by atoms with Crippen LogP contribution in [0.3, 0.4) is 0 Å². The molecule has 31 heavy (non-hydrogen) atoms. The summed E-state index contributed by atoms with van der Waals surface area (Å²) in [4.78, 5) is 29.3. The van der Waals surface area contributed by atoms with Crippen molar-refractivity contribution < 1.29 is 14.3 Å². The second-order valence-corrected chi connectivity index (χ2v) is 9.45. The van der Waals surface area contributed by atoms with Gasteiger partial charge in [0.15, 0.2) is 0 Å². The molecule has 0 unspecified atom stereocenters. The third-order valence-electron chi connectivity index (χ3n) is 5.08. The molecule has 0 radical (unpaired) electrons. The van der Waals surface area contributed by atoms with Gasteiger partial charge in [0, 0.05) is 12.6 Å². The Morgan fingerprint density at radius 3 is 2.42 bits per heavy atom. The number of nitrogens with zero attached hydrogens (tertiary/aromatic N) is 2. The van der Waals surface area contributed by atoms with Crippen LogP contribution in [0.2, 0.25) is 5.02 Å². The smallest absolute Gasteiger partial charge is 0.414 e. The largest absolute Gasteiger partial charge is 0.443 e. The van der Waals surface area contributed by atoms with Crippen LogP contribution < -0.4 is 15.1 Å². The Kier molecular flexibility index (Phi) is 6.51. The van der Waals surface area contributed by atoms with Crippen LogP contribution in [-0.2, 0) is 9.53 Å². The van der Waals surface area contributed by atoms with E-state index >= 15 is 0 Å². The number of benzene rings is 2. The number of para-hydroxylation sites is 2. The number of halogens is 1. The number of rotatable bonds is 3. The van der Waals surface area contributed by atoms with Gasteiger partial charge in [0.1, 0.15) is 5.60 Å². The highest BCUT2D eigenvalue weighted by molar-refractivity contribution is 6.34. The fraction of sp³-hybridized carbons (Fsp3) is 0.417. The molecule has 0 fully saturated rings. The maximum Gasteiger partial charge on any atom is 0.414 e. The summed E-state index contributed by atoms with van der Waals surface area (Å²) in [5.41, 5.74) is 3.55. The van der Waals surface area contributed by atoms with E-state index in [1.807, 2.05) is 82.8 Å². The molecule has 1 aliphatic rings. The molecule has 1 heterocycles. The zero-order valence-corrected chi connectivity index (χ0v) is 19.7. The number of hydrogen-bond acceptors (Lipinski definition) is 4. The topological polar surface area (TPSA) is 61.9 Å². The van der Waals surface area contributed by atoms with E-state index < -0.39 is 11.7 Å². The SMILES string of the molecule is Cc1cc(C)c(NC(=O)CN2c3ccccc3N(C(=O)OC(C)(C)C)C[C@H]2C)c(Cl)c1. The summed E-state index contributed by atoms with van der Waals surface area (Å²) in [5.74, 6) is -0.166. The van der Waals surface area contributed by atoms with Gasteiger partial charge in [0.05, 0.1) is 28.6 Å². The average molecular weight is 444 g/mol. The fourth-order valence-corrected chi connectivity index (χ4v) is 4.14. The van der Waals surface area contributed by atoms with E-state index in [0.29, 0.717) is 17.3 Å². The van der Waals surface area contributed by atoms with Crippen molar-refractivity contribution in [2.24, 2.45) is 0 Å². The molecule has 0 bridgehead atoms. The van der Waals surface area contributed by atoms with Crippen LogP contribution in [0.25, 0.3) is 0 Å². The highest BCUT2D eigenvalue weighted by Crippen LogP contribution is 2.36. The normalized spacial score (nSPS) is 16.0. The minimum Gasteiger partial charge on any atom is -0.443 e. The molecule has 2 aromatic rings. The maximum absolute atomic E-state index is 12.9. The van der Waals surface area contributed by atoms with E-state index in [1.54, 1.807) is 4.90 Å². The van der Waals surface area contributed by atoms with E-state index in [1.165, 1.54) is 0 Å². The Hall–Kier alpha value is -2.73. The minimum absolute atomic E-state index is 0.0808. The molecule has 7 heteroatoms. The number of nitrogens with one attached hydrogen (secondary N) is 1. The summed E-state index contributed by atoms with van der Waals surface area (Å²) >= 11 is 6.35. The molecule has 2 amide bonds. The number of fused-ring (bicyclic) bond motifs is 1. The molecule has 166 valence electrons. The molecule has 0 aromatic heterocycles.